The Morgan fingerprint density at radius 3 is 2.45 bits per heavy atom. The van der Waals surface area contributed by atoms with E-state index in [1.807, 2.05) is 24.3 Å². The average molecular weight is 290 g/mol. The molecule has 3 nitrogen and oxygen atoms in total. The second kappa shape index (κ2) is 7.82. The van der Waals surface area contributed by atoms with Crippen LogP contribution in [0.2, 0.25) is 0 Å². The topological polar surface area (TPSA) is 54.4 Å². The molecular weight excluding hydrogens is 272 g/mol. The summed E-state index contributed by atoms with van der Waals surface area (Å²) in [7, 11) is 0. The lowest BCUT2D eigenvalue weighted by Gasteiger charge is -2.06. The number of hydrogen-bond acceptors (Lipinski definition) is 4. The van der Waals surface area contributed by atoms with Gasteiger partial charge in [0.25, 0.3) is 0 Å². The number of carbonyl (C=O) groups excluding carboxylic acids is 2. The van der Waals surface area contributed by atoms with Gasteiger partial charge in [0.05, 0.1) is 6.61 Å². The quantitative estimate of drug-likeness (QED) is 0.784. The third-order valence-electron chi connectivity index (χ3n) is 2.76. The van der Waals surface area contributed by atoms with Crippen molar-refractivity contribution in [1.29, 1.82) is 0 Å². The lowest BCUT2D eigenvalue weighted by Crippen LogP contribution is -2.01. The van der Waals surface area contributed by atoms with Crippen molar-refractivity contribution in [3.8, 4) is 0 Å². The number of aliphatic hydroxyl groups is 1. The number of rotatable bonds is 7. The van der Waals surface area contributed by atoms with Crippen LogP contribution in [-0.2, 0) is 21.8 Å². The highest BCUT2D eigenvalue weighted by Crippen LogP contribution is 2.18. The molecule has 1 N–H and O–H groups in total. The van der Waals surface area contributed by atoms with Crippen LogP contribution in [0.25, 0.3) is 0 Å². The number of benzene rings is 1. The van der Waals surface area contributed by atoms with Gasteiger partial charge in [-0.3, -0.25) is 9.59 Å². The molecule has 0 heterocycles. The van der Waals surface area contributed by atoms with Gasteiger partial charge in [-0.15, -0.1) is 0 Å². The number of allylic oxidation sites excluding steroid dienone is 1. The van der Waals surface area contributed by atoms with Gasteiger partial charge in [-0.05, 0) is 23.6 Å². The Kier molecular flexibility index (Phi) is 6.42. The molecular formula is C16H18O3S. The molecule has 0 saturated carbocycles. The zero-order chi connectivity index (χ0) is 15.1. The molecule has 0 amide bonds. The van der Waals surface area contributed by atoms with Crippen LogP contribution in [0.4, 0.5) is 0 Å². The summed E-state index contributed by atoms with van der Waals surface area (Å²) in [6, 6.07) is 7.69. The molecule has 0 atom stereocenters. The zero-order valence-electron chi connectivity index (χ0n) is 11.5. The van der Waals surface area contributed by atoms with Crippen molar-refractivity contribution in [2.75, 3.05) is 6.61 Å². The minimum Gasteiger partial charge on any atom is -0.392 e. The second-order valence-electron chi connectivity index (χ2n) is 4.49. The van der Waals surface area contributed by atoms with E-state index in [1.165, 1.54) is 6.92 Å². The first kappa shape index (κ1) is 16.4. The Labute approximate surface area is 123 Å². The summed E-state index contributed by atoms with van der Waals surface area (Å²) >= 11 is 1.11. The predicted octanol–water partition coefficient (Wildman–Crippen LogP) is 2.68. The molecule has 0 saturated heterocycles. The fraction of sp³-hybridized carbons (Fsp3) is 0.250. The highest BCUT2D eigenvalue weighted by atomic mass is 32.2. The maximum atomic E-state index is 11.5. The summed E-state index contributed by atoms with van der Waals surface area (Å²) in [5.74, 6) is 0.498. The molecule has 0 spiro atoms. The molecule has 0 bridgehead atoms. The van der Waals surface area contributed by atoms with E-state index in [0.717, 1.165) is 22.9 Å². The standard InChI is InChI=1S/C16H18O3S/c1-11(13(3)18)7-14-5-4-6-15(8-14)10-20-16(19)12(2)9-17/h4-6,8,17H,1-2,7,9-10H2,3H3. The smallest absolute Gasteiger partial charge is 0.217 e. The van der Waals surface area contributed by atoms with Gasteiger partial charge in [0.2, 0.25) is 5.12 Å². The normalized spacial score (nSPS) is 10.1. The molecule has 1 rings (SSSR count). The third-order valence-corrected chi connectivity index (χ3v) is 3.78. The minimum atomic E-state index is -0.315. The van der Waals surface area contributed by atoms with Crippen LogP contribution in [0.3, 0.4) is 0 Å². The first-order valence-electron chi connectivity index (χ1n) is 6.16. The van der Waals surface area contributed by atoms with Crippen LogP contribution in [0.5, 0.6) is 0 Å². The second-order valence-corrected chi connectivity index (χ2v) is 5.44. The Hall–Kier alpha value is -1.65. The number of thioether (sulfide) groups is 1. The van der Waals surface area contributed by atoms with Crippen LogP contribution >= 0.6 is 11.8 Å². The maximum absolute atomic E-state index is 11.5. The molecule has 0 aromatic heterocycles. The van der Waals surface area contributed by atoms with E-state index >= 15 is 0 Å². The van der Waals surface area contributed by atoms with E-state index in [0.29, 0.717) is 17.7 Å². The molecule has 1 aromatic rings. The predicted molar refractivity (Wildman–Crippen MR) is 82.5 cm³/mol. The highest BCUT2D eigenvalue weighted by molar-refractivity contribution is 8.13. The van der Waals surface area contributed by atoms with Crippen LogP contribution < -0.4 is 0 Å². The lowest BCUT2D eigenvalue weighted by molar-refractivity contribution is -0.113. The third kappa shape index (κ3) is 5.15. The van der Waals surface area contributed by atoms with Gasteiger partial charge >= 0.3 is 0 Å². The van der Waals surface area contributed by atoms with E-state index in [9.17, 15) is 9.59 Å². The van der Waals surface area contributed by atoms with E-state index in [1.54, 1.807) is 0 Å². The first-order chi connectivity index (χ1) is 9.43. The fourth-order valence-corrected chi connectivity index (χ4v) is 2.26. The van der Waals surface area contributed by atoms with Crippen molar-refractivity contribution >= 4 is 22.7 Å². The van der Waals surface area contributed by atoms with Crippen molar-refractivity contribution in [1.82, 2.24) is 0 Å². The average Bonchev–Trinajstić information content (AvgIpc) is 2.44. The summed E-state index contributed by atoms with van der Waals surface area (Å²) in [4.78, 5) is 22.7. The van der Waals surface area contributed by atoms with Crippen molar-refractivity contribution in [3.63, 3.8) is 0 Å². The van der Waals surface area contributed by atoms with Gasteiger partial charge in [-0.1, -0.05) is 49.2 Å². The number of ketones is 1. The van der Waals surface area contributed by atoms with Crippen LogP contribution in [0.15, 0.2) is 48.6 Å². The van der Waals surface area contributed by atoms with E-state index in [-0.39, 0.29) is 23.1 Å². The Balaban J connectivity index is 2.64. The van der Waals surface area contributed by atoms with Gasteiger partial charge in [-0.25, -0.2) is 0 Å². The van der Waals surface area contributed by atoms with Crippen molar-refractivity contribution in [2.45, 2.75) is 19.1 Å². The first-order valence-corrected chi connectivity index (χ1v) is 7.15. The molecule has 0 aliphatic heterocycles. The van der Waals surface area contributed by atoms with Crippen LogP contribution in [0.1, 0.15) is 18.1 Å². The zero-order valence-corrected chi connectivity index (χ0v) is 12.3. The summed E-state index contributed by atoms with van der Waals surface area (Å²) in [6.45, 7) is 8.42. The molecule has 0 unspecified atom stereocenters. The van der Waals surface area contributed by atoms with Gasteiger partial charge in [0.15, 0.2) is 5.78 Å². The van der Waals surface area contributed by atoms with Crippen LogP contribution in [0, 0.1) is 0 Å². The Morgan fingerprint density at radius 2 is 1.85 bits per heavy atom. The van der Waals surface area contributed by atoms with Crippen molar-refractivity contribution < 1.29 is 14.7 Å². The minimum absolute atomic E-state index is 0.0146. The number of Topliss-reactive ketones (excluding diaryl/α,β-unsaturated/α-hetero) is 1. The van der Waals surface area contributed by atoms with E-state index in [2.05, 4.69) is 13.2 Å². The molecule has 0 fully saturated rings. The summed E-state index contributed by atoms with van der Waals surface area (Å²) in [5.41, 5.74) is 2.76. The van der Waals surface area contributed by atoms with Gasteiger partial charge in [0, 0.05) is 17.7 Å². The summed E-state index contributed by atoms with van der Waals surface area (Å²) < 4.78 is 0. The highest BCUT2D eigenvalue weighted by Gasteiger charge is 2.08. The van der Waals surface area contributed by atoms with E-state index in [4.69, 9.17) is 5.11 Å². The molecule has 20 heavy (non-hydrogen) atoms. The molecule has 0 radical (unpaired) electrons. The largest absolute Gasteiger partial charge is 0.392 e. The van der Waals surface area contributed by atoms with Gasteiger partial charge < -0.3 is 5.11 Å². The SMILES string of the molecule is C=C(Cc1cccc(CSC(=O)C(=C)CO)c1)C(C)=O. The Bertz CT molecular complexity index is 546. The lowest BCUT2D eigenvalue weighted by atomic mass is 10.0. The van der Waals surface area contributed by atoms with Crippen LogP contribution in [-0.4, -0.2) is 22.6 Å². The number of carbonyl (C=O) groups is 2. The van der Waals surface area contributed by atoms with Crippen molar-refractivity contribution in [3.05, 3.63) is 59.7 Å². The molecule has 1 aromatic carbocycles. The van der Waals surface area contributed by atoms with Crippen molar-refractivity contribution in [2.24, 2.45) is 0 Å². The molecule has 4 heteroatoms. The molecule has 0 aliphatic rings. The molecule has 106 valence electrons. The number of hydrogen-bond donors (Lipinski definition) is 1. The Morgan fingerprint density at radius 1 is 1.20 bits per heavy atom. The maximum Gasteiger partial charge on any atom is 0.217 e. The van der Waals surface area contributed by atoms with Gasteiger partial charge in [0.1, 0.15) is 0 Å². The molecule has 0 aliphatic carbocycles. The monoisotopic (exact) mass is 290 g/mol. The fourth-order valence-electron chi connectivity index (χ4n) is 1.52. The van der Waals surface area contributed by atoms with Gasteiger partial charge in [-0.2, -0.15) is 0 Å². The summed E-state index contributed by atoms with van der Waals surface area (Å²) in [5, 5.41) is 8.62. The van der Waals surface area contributed by atoms with E-state index < -0.39 is 0 Å². The summed E-state index contributed by atoms with van der Waals surface area (Å²) in [6.07, 6.45) is 0.519. The number of aliphatic hydroxyl groups excluding tert-OH is 1.